The number of hydrogen-bond donors (Lipinski definition) is 1. The molecule has 0 radical (unpaired) electrons. The second kappa shape index (κ2) is 5.43. The van der Waals surface area contributed by atoms with E-state index in [1.54, 1.807) is 6.07 Å². The van der Waals surface area contributed by atoms with Gasteiger partial charge >= 0.3 is 5.69 Å². The lowest BCUT2D eigenvalue weighted by Gasteiger charge is -2.08. The van der Waals surface area contributed by atoms with Gasteiger partial charge in [0.05, 0.1) is 10.6 Å². The van der Waals surface area contributed by atoms with Gasteiger partial charge in [-0.3, -0.25) is 10.1 Å². The third-order valence-electron chi connectivity index (χ3n) is 2.60. The fourth-order valence-electron chi connectivity index (χ4n) is 1.64. The average molecular weight is 264 g/mol. The standard InChI is InChI=1S/C13H10F2N2O2/c14-10-5-1-2-6-11(10)16-8-9-4-3-7-12(13(9)15)17(18)19/h1-7,16H,8H2. The van der Waals surface area contributed by atoms with E-state index in [0.29, 0.717) is 0 Å². The molecule has 0 saturated carbocycles. The maximum Gasteiger partial charge on any atom is 0.305 e. The van der Waals surface area contributed by atoms with Gasteiger partial charge in [0.1, 0.15) is 5.82 Å². The minimum atomic E-state index is -0.906. The van der Waals surface area contributed by atoms with Gasteiger partial charge in [-0.05, 0) is 12.1 Å². The highest BCUT2D eigenvalue weighted by Gasteiger charge is 2.16. The Balaban J connectivity index is 2.19. The van der Waals surface area contributed by atoms with E-state index < -0.39 is 22.2 Å². The number of hydrogen-bond acceptors (Lipinski definition) is 3. The molecule has 0 saturated heterocycles. The second-order valence-corrected chi connectivity index (χ2v) is 3.84. The zero-order valence-corrected chi connectivity index (χ0v) is 9.77. The summed E-state index contributed by atoms with van der Waals surface area (Å²) in [5, 5.41) is 13.3. The Hall–Kier alpha value is -2.50. The van der Waals surface area contributed by atoms with Crippen molar-refractivity contribution in [1.29, 1.82) is 0 Å². The van der Waals surface area contributed by atoms with E-state index in [9.17, 15) is 18.9 Å². The van der Waals surface area contributed by atoms with Crippen LogP contribution >= 0.6 is 0 Å². The van der Waals surface area contributed by atoms with Gasteiger partial charge in [-0.15, -0.1) is 0 Å². The minimum Gasteiger partial charge on any atom is -0.378 e. The van der Waals surface area contributed by atoms with Crippen molar-refractivity contribution in [2.45, 2.75) is 6.54 Å². The van der Waals surface area contributed by atoms with Crippen LogP contribution in [0.25, 0.3) is 0 Å². The molecule has 2 aromatic rings. The Bertz CT molecular complexity index is 617. The zero-order chi connectivity index (χ0) is 13.8. The first-order valence-electron chi connectivity index (χ1n) is 5.50. The van der Waals surface area contributed by atoms with E-state index in [0.717, 1.165) is 6.07 Å². The maximum absolute atomic E-state index is 13.8. The normalized spacial score (nSPS) is 10.2. The molecule has 0 unspecified atom stereocenters. The first kappa shape index (κ1) is 12.9. The van der Waals surface area contributed by atoms with E-state index in [1.807, 2.05) is 0 Å². The van der Waals surface area contributed by atoms with Crippen molar-refractivity contribution in [2.24, 2.45) is 0 Å². The summed E-state index contributed by atoms with van der Waals surface area (Å²) < 4.78 is 27.1. The van der Waals surface area contributed by atoms with Gasteiger partial charge in [0.2, 0.25) is 5.82 Å². The van der Waals surface area contributed by atoms with Gasteiger partial charge < -0.3 is 5.32 Å². The second-order valence-electron chi connectivity index (χ2n) is 3.84. The van der Waals surface area contributed by atoms with Crippen molar-refractivity contribution < 1.29 is 13.7 Å². The lowest BCUT2D eigenvalue weighted by molar-refractivity contribution is -0.387. The number of halogens is 2. The van der Waals surface area contributed by atoms with Crippen LogP contribution in [0.5, 0.6) is 0 Å². The van der Waals surface area contributed by atoms with E-state index in [2.05, 4.69) is 5.32 Å². The summed E-state index contributed by atoms with van der Waals surface area (Å²) in [5.74, 6) is -1.37. The topological polar surface area (TPSA) is 55.2 Å². The molecule has 0 aromatic heterocycles. The number of nitrogens with zero attached hydrogens (tertiary/aromatic N) is 1. The van der Waals surface area contributed by atoms with Crippen molar-refractivity contribution >= 4 is 11.4 Å². The molecule has 98 valence electrons. The quantitative estimate of drug-likeness (QED) is 0.679. The maximum atomic E-state index is 13.8. The Morgan fingerprint density at radius 3 is 2.53 bits per heavy atom. The smallest absolute Gasteiger partial charge is 0.305 e. The highest BCUT2D eigenvalue weighted by molar-refractivity contribution is 5.46. The molecule has 0 aliphatic rings. The van der Waals surface area contributed by atoms with E-state index >= 15 is 0 Å². The third kappa shape index (κ3) is 2.85. The molecule has 1 N–H and O–H groups in total. The number of nitro groups is 1. The predicted molar refractivity (Wildman–Crippen MR) is 66.8 cm³/mol. The number of para-hydroxylation sites is 1. The van der Waals surface area contributed by atoms with Gasteiger partial charge in [0, 0.05) is 18.2 Å². The minimum absolute atomic E-state index is 0.0333. The summed E-state index contributed by atoms with van der Waals surface area (Å²) in [4.78, 5) is 9.80. The molecule has 0 aliphatic carbocycles. The van der Waals surface area contributed by atoms with Crippen molar-refractivity contribution in [3.8, 4) is 0 Å². The largest absolute Gasteiger partial charge is 0.378 e. The number of benzene rings is 2. The highest BCUT2D eigenvalue weighted by atomic mass is 19.1. The lowest BCUT2D eigenvalue weighted by atomic mass is 10.2. The molecule has 4 nitrogen and oxygen atoms in total. The number of rotatable bonds is 4. The lowest BCUT2D eigenvalue weighted by Crippen LogP contribution is -2.05. The fourth-order valence-corrected chi connectivity index (χ4v) is 1.64. The Labute approximate surface area is 107 Å². The molecule has 0 spiro atoms. The van der Waals surface area contributed by atoms with Gasteiger partial charge in [-0.25, -0.2) is 4.39 Å². The summed E-state index contributed by atoms with van der Waals surface area (Å²) >= 11 is 0. The molecular weight excluding hydrogens is 254 g/mol. The van der Waals surface area contributed by atoms with Crippen LogP contribution in [-0.4, -0.2) is 4.92 Å². The Morgan fingerprint density at radius 2 is 1.84 bits per heavy atom. The van der Waals surface area contributed by atoms with Crippen LogP contribution in [0.2, 0.25) is 0 Å². The van der Waals surface area contributed by atoms with Crippen LogP contribution < -0.4 is 5.32 Å². The summed E-state index contributed by atoms with van der Waals surface area (Å²) in [6.45, 7) is -0.0333. The van der Waals surface area contributed by atoms with E-state index in [-0.39, 0.29) is 17.8 Å². The zero-order valence-electron chi connectivity index (χ0n) is 9.77. The van der Waals surface area contributed by atoms with Crippen molar-refractivity contribution in [3.63, 3.8) is 0 Å². The van der Waals surface area contributed by atoms with Crippen LogP contribution in [0.3, 0.4) is 0 Å². The van der Waals surface area contributed by atoms with Crippen LogP contribution in [0.15, 0.2) is 42.5 Å². The van der Waals surface area contributed by atoms with Crippen molar-refractivity contribution in [1.82, 2.24) is 0 Å². The third-order valence-corrected chi connectivity index (χ3v) is 2.60. The number of anilines is 1. The molecule has 0 amide bonds. The first-order valence-corrected chi connectivity index (χ1v) is 5.50. The fraction of sp³-hybridized carbons (Fsp3) is 0.0769. The molecule has 2 rings (SSSR count). The van der Waals surface area contributed by atoms with Crippen molar-refractivity contribution in [2.75, 3.05) is 5.32 Å². The Morgan fingerprint density at radius 1 is 1.11 bits per heavy atom. The first-order chi connectivity index (χ1) is 9.09. The van der Waals surface area contributed by atoms with Crippen LogP contribution in [0, 0.1) is 21.7 Å². The summed E-state index contributed by atoms with van der Waals surface area (Å²) in [5.41, 5.74) is -0.265. The molecule has 2 aromatic carbocycles. The molecular formula is C13H10F2N2O2. The molecule has 0 bridgehead atoms. The summed E-state index contributed by atoms with van der Waals surface area (Å²) in [7, 11) is 0. The van der Waals surface area contributed by atoms with Gasteiger partial charge in [-0.1, -0.05) is 24.3 Å². The van der Waals surface area contributed by atoms with Crippen LogP contribution in [0.4, 0.5) is 20.2 Å². The van der Waals surface area contributed by atoms with E-state index in [4.69, 9.17) is 0 Å². The molecule has 6 heteroatoms. The molecule has 19 heavy (non-hydrogen) atoms. The van der Waals surface area contributed by atoms with E-state index in [1.165, 1.54) is 30.3 Å². The Kier molecular flexibility index (Phi) is 3.70. The summed E-state index contributed by atoms with van der Waals surface area (Å²) in [6.07, 6.45) is 0. The van der Waals surface area contributed by atoms with Crippen LogP contribution in [-0.2, 0) is 6.54 Å². The highest BCUT2D eigenvalue weighted by Crippen LogP contribution is 2.21. The van der Waals surface area contributed by atoms with Gasteiger partial charge in [0.25, 0.3) is 0 Å². The van der Waals surface area contributed by atoms with Gasteiger partial charge in [-0.2, -0.15) is 4.39 Å². The van der Waals surface area contributed by atoms with Crippen LogP contribution in [0.1, 0.15) is 5.56 Å². The number of nitrogens with one attached hydrogen (secondary N) is 1. The monoisotopic (exact) mass is 264 g/mol. The number of nitro benzene ring substituents is 1. The predicted octanol–water partition coefficient (Wildman–Crippen LogP) is 3.49. The molecule has 0 aliphatic heterocycles. The van der Waals surface area contributed by atoms with Crippen molar-refractivity contribution in [3.05, 3.63) is 69.8 Å². The average Bonchev–Trinajstić information content (AvgIpc) is 2.39. The molecule has 0 fully saturated rings. The summed E-state index contributed by atoms with van der Waals surface area (Å²) in [6, 6.07) is 9.83. The molecule has 0 heterocycles. The van der Waals surface area contributed by atoms with Gasteiger partial charge in [0.15, 0.2) is 0 Å². The molecule has 0 atom stereocenters. The SMILES string of the molecule is O=[N+]([O-])c1cccc(CNc2ccccc2F)c1F.